The van der Waals surface area contributed by atoms with E-state index in [2.05, 4.69) is 31.9 Å². The van der Waals surface area contributed by atoms with Crippen LogP contribution in [0.25, 0.3) is 0 Å². The fourth-order valence-electron chi connectivity index (χ4n) is 1.45. The van der Waals surface area contributed by atoms with Crippen LogP contribution in [0.2, 0.25) is 0 Å². The maximum atomic E-state index is 10.8. The second-order valence-electron chi connectivity index (χ2n) is 4.35. The van der Waals surface area contributed by atoms with Crippen molar-refractivity contribution in [3.05, 3.63) is 27.1 Å². The molecule has 0 spiro atoms. The van der Waals surface area contributed by atoms with Crippen LogP contribution in [-0.2, 0) is 9.05 Å². The van der Waals surface area contributed by atoms with Crippen molar-refractivity contribution >= 4 is 51.6 Å². The Morgan fingerprint density at radius 2 is 2.00 bits per heavy atom. The van der Waals surface area contributed by atoms with Gasteiger partial charge in [0.1, 0.15) is 5.75 Å². The summed E-state index contributed by atoms with van der Waals surface area (Å²) in [5, 5.41) is 0. The molecule has 7 heteroatoms. The molecule has 0 bridgehead atoms. The van der Waals surface area contributed by atoms with Gasteiger partial charge in [-0.15, -0.1) is 0 Å². The Bertz CT molecular complexity index is 520. The van der Waals surface area contributed by atoms with Gasteiger partial charge in [0.15, 0.2) is 0 Å². The quantitative estimate of drug-likeness (QED) is 0.590. The molecule has 3 nitrogen and oxygen atoms in total. The number of benzene rings is 1. The highest BCUT2D eigenvalue weighted by Gasteiger charge is 2.10. The number of hydrogen-bond acceptors (Lipinski definition) is 3. The van der Waals surface area contributed by atoms with Crippen molar-refractivity contribution in [1.29, 1.82) is 0 Å². The Labute approximate surface area is 135 Å². The molecule has 0 N–H and O–H groups in total. The zero-order valence-electron chi connectivity index (χ0n) is 10.4. The number of ether oxygens (including phenoxy) is 1. The second kappa shape index (κ2) is 7.86. The first-order valence-electron chi connectivity index (χ1n) is 5.78. The zero-order valence-corrected chi connectivity index (χ0v) is 15.1. The van der Waals surface area contributed by atoms with Gasteiger partial charge in [-0.05, 0) is 52.9 Å². The Hall–Kier alpha value is 0.220. The van der Waals surface area contributed by atoms with Crippen molar-refractivity contribution < 1.29 is 13.2 Å². The summed E-state index contributed by atoms with van der Waals surface area (Å²) in [5.41, 5.74) is 0. The Balaban J connectivity index is 2.33. The van der Waals surface area contributed by atoms with Gasteiger partial charge in [-0.3, -0.25) is 0 Å². The summed E-state index contributed by atoms with van der Waals surface area (Å²) in [6.07, 6.45) is 1.34. The van der Waals surface area contributed by atoms with Crippen LogP contribution in [0.15, 0.2) is 27.1 Å². The Morgan fingerprint density at radius 1 is 1.32 bits per heavy atom. The lowest BCUT2D eigenvalue weighted by atomic mass is 10.1. The molecule has 0 aliphatic rings. The minimum absolute atomic E-state index is 0.0116. The molecule has 0 aliphatic heterocycles. The van der Waals surface area contributed by atoms with Crippen LogP contribution < -0.4 is 4.74 Å². The van der Waals surface area contributed by atoms with Gasteiger partial charge in [-0.2, -0.15) is 0 Å². The van der Waals surface area contributed by atoms with Gasteiger partial charge in [-0.1, -0.05) is 22.9 Å². The summed E-state index contributed by atoms with van der Waals surface area (Å²) in [7, 11) is 1.78. The van der Waals surface area contributed by atoms with Crippen molar-refractivity contribution in [2.45, 2.75) is 19.8 Å². The summed E-state index contributed by atoms with van der Waals surface area (Å²) in [6, 6.07) is 5.70. The van der Waals surface area contributed by atoms with Crippen LogP contribution in [0, 0.1) is 5.92 Å². The highest BCUT2D eigenvalue weighted by Crippen LogP contribution is 2.28. The first-order chi connectivity index (χ1) is 8.78. The predicted molar refractivity (Wildman–Crippen MR) is 85.4 cm³/mol. The molecule has 1 rings (SSSR count). The van der Waals surface area contributed by atoms with E-state index < -0.39 is 9.05 Å². The van der Waals surface area contributed by atoms with Gasteiger partial charge in [0.25, 0.3) is 0 Å². The lowest BCUT2D eigenvalue weighted by molar-refractivity contribution is 0.280. The number of rotatable bonds is 7. The Morgan fingerprint density at radius 3 is 2.58 bits per heavy atom. The minimum atomic E-state index is -3.39. The van der Waals surface area contributed by atoms with Gasteiger partial charge < -0.3 is 4.74 Å². The average molecular weight is 435 g/mol. The lowest BCUT2D eigenvalue weighted by Crippen LogP contribution is -2.08. The van der Waals surface area contributed by atoms with E-state index in [9.17, 15) is 8.42 Å². The van der Waals surface area contributed by atoms with Gasteiger partial charge in [0.2, 0.25) is 9.05 Å². The van der Waals surface area contributed by atoms with Crippen LogP contribution >= 0.6 is 42.5 Å². The minimum Gasteiger partial charge on any atom is -0.492 e. The zero-order chi connectivity index (χ0) is 14.5. The van der Waals surface area contributed by atoms with Gasteiger partial charge in [0.05, 0.1) is 16.8 Å². The van der Waals surface area contributed by atoms with Crippen molar-refractivity contribution in [2.75, 3.05) is 12.4 Å². The molecular formula is C12H15Br2ClO3S. The molecule has 0 saturated carbocycles. The monoisotopic (exact) mass is 432 g/mol. The van der Waals surface area contributed by atoms with Crippen molar-refractivity contribution in [2.24, 2.45) is 5.92 Å². The molecule has 0 saturated heterocycles. The predicted octanol–water partition coefficient (Wildman–Crippen LogP) is 4.58. The van der Waals surface area contributed by atoms with Gasteiger partial charge in [0, 0.05) is 15.2 Å². The van der Waals surface area contributed by atoms with Crippen LogP contribution in [0.4, 0.5) is 0 Å². The van der Waals surface area contributed by atoms with E-state index in [1.165, 1.54) is 0 Å². The van der Waals surface area contributed by atoms with E-state index in [0.29, 0.717) is 13.0 Å². The van der Waals surface area contributed by atoms with E-state index in [1.54, 1.807) is 0 Å². The molecule has 1 aromatic rings. The molecule has 0 radical (unpaired) electrons. The van der Waals surface area contributed by atoms with E-state index in [0.717, 1.165) is 21.1 Å². The standard InChI is InChI=1S/C12H15Br2ClO3S/c1-9(5-7-19(15,16)17)4-6-18-12-3-2-10(13)8-11(12)14/h2-3,8-9H,4-7H2,1H3. The maximum Gasteiger partial charge on any atom is 0.232 e. The van der Waals surface area contributed by atoms with Gasteiger partial charge in [-0.25, -0.2) is 8.42 Å². The normalized spacial score (nSPS) is 13.3. The lowest BCUT2D eigenvalue weighted by Gasteiger charge is -2.12. The van der Waals surface area contributed by atoms with Crippen LogP contribution in [0.3, 0.4) is 0 Å². The molecule has 0 amide bonds. The SMILES string of the molecule is CC(CCOc1ccc(Br)cc1Br)CCS(=O)(=O)Cl. The number of hydrogen-bond donors (Lipinski definition) is 0. The van der Waals surface area contributed by atoms with E-state index in [-0.39, 0.29) is 11.7 Å². The van der Waals surface area contributed by atoms with Crippen molar-refractivity contribution in [3.63, 3.8) is 0 Å². The van der Waals surface area contributed by atoms with Crippen molar-refractivity contribution in [3.8, 4) is 5.75 Å². The van der Waals surface area contributed by atoms with Crippen LogP contribution in [0.1, 0.15) is 19.8 Å². The van der Waals surface area contributed by atoms with Crippen LogP contribution in [0.5, 0.6) is 5.75 Å². The maximum absolute atomic E-state index is 10.8. The summed E-state index contributed by atoms with van der Waals surface area (Å²) in [4.78, 5) is 0. The first-order valence-corrected chi connectivity index (χ1v) is 9.84. The van der Waals surface area contributed by atoms with Gasteiger partial charge >= 0.3 is 0 Å². The summed E-state index contributed by atoms with van der Waals surface area (Å²) in [5.74, 6) is 1.04. The molecule has 0 aliphatic carbocycles. The molecule has 1 unspecified atom stereocenters. The van der Waals surface area contributed by atoms with E-state index in [1.807, 2.05) is 25.1 Å². The largest absolute Gasteiger partial charge is 0.492 e. The Kier molecular flexibility index (Phi) is 7.14. The van der Waals surface area contributed by atoms with E-state index >= 15 is 0 Å². The molecular weight excluding hydrogens is 419 g/mol. The van der Waals surface area contributed by atoms with E-state index in [4.69, 9.17) is 15.4 Å². The molecule has 0 heterocycles. The van der Waals surface area contributed by atoms with Crippen molar-refractivity contribution in [1.82, 2.24) is 0 Å². The first kappa shape index (κ1) is 17.3. The number of halogens is 3. The fourth-order valence-corrected chi connectivity index (χ4v) is 3.56. The van der Waals surface area contributed by atoms with Crippen LogP contribution in [-0.4, -0.2) is 20.8 Å². The summed E-state index contributed by atoms with van der Waals surface area (Å²) in [6.45, 7) is 2.53. The molecule has 0 fully saturated rings. The molecule has 19 heavy (non-hydrogen) atoms. The fraction of sp³-hybridized carbons (Fsp3) is 0.500. The molecule has 108 valence electrons. The molecule has 1 atom stereocenters. The summed E-state index contributed by atoms with van der Waals surface area (Å²) >= 11 is 6.79. The highest BCUT2D eigenvalue weighted by atomic mass is 79.9. The molecule has 0 aromatic heterocycles. The third kappa shape index (κ3) is 7.54. The third-order valence-electron chi connectivity index (χ3n) is 2.62. The third-order valence-corrected chi connectivity index (χ3v) is 4.92. The highest BCUT2D eigenvalue weighted by molar-refractivity contribution is 9.11. The molecule has 1 aromatic carbocycles. The second-order valence-corrected chi connectivity index (χ2v) is 9.02. The smallest absolute Gasteiger partial charge is 0.232 e. The average Bonchev–Trinajstić information content (AvgIpc) is 2.28. The summed E-state index contributed by atoms with van der Waals surface area (Å²) < 4.78 is 29.2. The topological polar surface area (TPSA) is 43.4 Å².